The highest BCUT2D eigenvalue weighted by atomic mass is 19.1. The van der Waals surface area contributed by atoms with Crippen LogP contribution < -0.4 is 4.90 Å². The monoisotopic (exact) mass is 239 g/mol. The highest BCUT2D eigenvalue weighted by Crippen LogP contribution is 2.17. The molecule has 1 aliphatic heterocycles. The van der Waals surface area contributed by atoms with Gasteiger partial charge in [0, 0.05) is 19.3 Å². The molecule has 0 aliphatic carbocycles. The van der Waals surface area contributed by atoms with Crippen LogP contribution in [0, 0.1) is 0 Å². The van der Waals surface area contributed by atoms with Crippen LogP contribution in [0.25, 0.3) is 0 Å². The minimum Gasteiger partial charge on any atom is -0.464 e. The third-order valence-corrected chi connectivity index (χ3v) is 2.74. The smallest absolute Gasteiger partial charge is 0.356 e. The summed E-state index contributed by atoms with van der Waals surface area (Å²) in [7, 11) is 1.30. The van der Waals surface area contributed by atoms with Gasteiger partial charge in [0.25, 0.3) is 0 Å². The Kier molecular flexibility index (Phi) is 3.51. The zero-order valence-electron chi connectivity index (χ0n) is 9.60. The lowest BCUT2D eigenvalue weighted by Gasteiger charge is -2.28. The van der Waals surface area contributed by atoms with E-state index < -0.39 is 12.1 Å². The molecule has 0 N–H and O–H groups in total. The molecule has 1 aromatic heterocycles. The molecule has 1 aliphatic rings. The number of hydrogen-bond donors (Lipinski definition) is 0. The summed E-state index contributed by atoms with van der Waals surface area (Å²) in [5.74, 6) is -0.0335. The number of anilines is 1. The third kappa shape index (κ3) is 2.69. The van der Waals surface area contributed by atoms with Gasteiger partial charge in [0.2, 0.25) is 5.95 Å². The van der Waals surface area contributed by atoms with E-state index in [-0.39, 0.29) is 5.69 Å². The van der Waals surface area contributed by atoms with Crippen molar-refractivity contribution in [3.63, 3.8) is 0 Å². The van der Waals surface area contributed by atoms with Gasteiger partial charge in [-0.2, -0.15) is 0 Å². The van der Waals surface area contributed by atoms with E-state index in [0.29, 0.717) is 31.9 Å². The van der Waals surface area contributed by atoms with Crippen LogP contribution in [0.5, 0.6) is 0 Å². The lowest BCUT2D eigenvalue weighted by Crippen LogP contribution is -2.35. The Hall–Kier alpha value is -1.72. The second kappa shape index (κ2) is 5.07. The van der Waals surface area contributed by atoms with Crippen LogP contribution in [0.2, 0.25) is 0 Å². The number of rotatable bonds is 2. The Balaban J connectivity index is 2.13. The van der Waals surface area contributed by atoms with Crippen LogP contribution >= 0.6 is 0 Å². The molecule has 0 aromatic carbocycles. The van der Waals surface area contributed by atoms with Gasteiger partial charge < -0.3 is 9.64 Å². The summed E-state index contributed by atoms with van der Waals surface area (Å²) in [6, 6.07) is 1.50. The Morgan fingerprint density at radius 3 is 2.88 bits per heavy atom. The first-order chi connectivity index (χ1) is 8.20. The predicted molar refractivity (Wildman–Crippen MR) is 59.7 cm³/mol. The number of aromatic nitrogens is 2. The van der Waals surface area contributed by atoms with Crippen molar-refractivity contribution in [1.82, 2.24) is 9.97 Å². The number of carbonyl (C=O) groups is 1. The molecule has 1 fully saturated rings. The van der Waals surface area contributed by atoms with Gasteiger partial charge in [0.15, 0.2) is 5.69 Å². The Labute approximate surface area is 98.6 Å². The normalized spacial score (nSPS) is 16.9. The van der Waals surface area contributed by atoms with Gasteiger partial charge in [-0.15, -0.1) is 0 Å². The topological polar surface area (TPSA) is 55.3 Å². The van der Waals surface area contributed by atoms with Crippen molar-refractivity contribution >= 4 is 11.9 Å². The first-order valence-electron chi connectivity index (χ1n) is 5.51. The maximum Gasteiger partial charge on any atom is 0.356 e. The first kappa shape index (κ1) is 11.8. The molecule has 0 spiro atoms. The summed E-state index contributed by atoms with van der Waals surface area (Å²) in [5, 5.41) is 0. The molecule has 1 aromatic rings. The number of hydrogen-bond acceptors (Lipinski definition) is 5. The molecule has 5 nitrogen and oxygen atoms in total. The van der Waals surface area contributed by atoms with Crippen molar-refractivity contribution in [3.8, 4) is 0 Å². The van der Waals surface area contributed by atoms with Crippen LogP contribution in [0.3, 0.4) is 0 Å². The highest BCUT2D eigenvalue weighted by Gasteiger charge is 2.21. The minimum absolute atomic E-state index is 0.222. The second-order valence-corrected chi connectivity index (χ2v) is 3.90. The zero-order valence-corrected chi connectivity index (χ0v) is 9.60. The van der Waals surface area contributed by atoms with Crippen molar-refractivity contribution in [2.45, 2.75) is 19.0 Å². The molecule has 1 saturated heterocycles. The first-order valence-corrected chi connectivity index (χ1v) is 5.51. The fourth-order valence-electron chi connectivity index (χ4n) is 1.77. The zero-order chi connectivity index (χ0) is 12.3. The Morgan fingerprint density at radius 2 is 2.24 bits per heavy atom. The van der Waals surface area contributed by atoms with Gasteiger partial charge in [0.05, 0.1) is 7.11 Å². The van der Waals surface area contributed by atoms with E-state index in [1.807, 2.05) is 4.90 Å². The maximum atomic E-state index is 13.0. The maximum absolute atomic E-state index is 13.0. The predicted octanol–water partition coefficient (Wildman–Crippen LogP) is 1.20. The summed E-state index contributed by atoms with van der Waals surface area (Å²) in [4.78, 5) is 21.4. The molecular weight excluding hydrogens is 225 g/mol. The van der Waals surface area contributed by atoms with Crippen LogP contribution in [-0.4, -0.2) is 42.3 Å². The molecule has 0 saturated carbocycles. The number of halogens is 1. The van der Waals surface area contributed by atoms with Crippen molar-refractivity contribution in [3.05, 3.63) is 18.0 Å². The number of alkyl halides is 1. The van der Waals surface area contributed by atoms with Crippen LogP contribution in [-0.2, 0) is 4.74 Å². The summed E-state index contributed by atoms with van der Waals surface area (Å²) >= 11 is 0. The van der Waals surface area contributed by atoms with E-state index in [1.54, 1.807) is 0 Å². The lowest BCUT2D eigenvalue weighted by molar-refractivity contribution is 0.0594. The third-order valence-electron chi connectivity index (χ3n) is 2.74. The molecule has 92 valence electrons. The van der Waals surface area contributed by atoms with Gasteiger partial charge >= 0.3 is 5.97 Å². The van der Waals surface area contributed by atoms with E-state index in [4.69, 9.17) is 0 Å². The number of piperidine rings is 1. The molecule has 2 heterocycles. The number of esters is 1. The standard InChI is InChI=1S/C11H14FN3O2/c1-17-10(16)9-2-5-13-11(14-9)15-6-3-8(12)4-7-15/h2,5,8H,3-4,6-7H2,1H3. The minimum atomic E-state index is -0.741. The molecule has 0 unspecified atom stereocenters. The van der Waals surface area contributed by atoms with E-state index in [2.05, 4.69) is 14.7 Å². The SMILES string of the molecule is COC(=O)c1ccnc(N2CCC(F)CC2)n1. The molecule has 0 bridgehead atoms. The molecule has 0 radical (unpaired) electrons. The molecule has 6 heteroatoms. The van der Waals surface area contributed by atoms with Crippen LogP contribution in [0.15, 0.2) is 12.3 Å². The average Bonchev–Trinajstić information content (AvgIpc) is 2.39. The van der Waals surface area contributed by atoms with Gasteiger partial charge in [-0.1, -0.05) is 0 Å². The second-order valence-electron chi connectivity index (χ2n) is 3.90. The van der Waals surface area contributed by atoms with Gasteiger partial charge in [-0.25, -0.2) is 19.2 Å². The van der Waals surface area contributed by atoms with E-state index in [1.165, 1.54) is 19.4 Å². The molecular formula is C11H14FN3O2. The largest absolute Gasteiger partial charge is 0.464 e. The van der Waals surface area contributed by atoms with Gasteiger partial charge in [-0.3, -0.25) is 0 Å². The fraction of sp³-hybridized carbons (Fsp3) is 0.545. The van der Waals surface area contributed by atoms with E-state index in [9.17, 15) is 9.18 Å². The molecule has 17 heavy (non-hydrogen) atoms. The van der Waals surface area contributed by atoms with Crippen molar-refractivity contribution in [1.29, 1.82) is 0 Å². The number of ether oxygens (including phenoxy) is 1. The summed E-state index contributed by atoms with van der Waals surface area (Å²) in [6.07, 6.45) is 1.73. The van der Waals surface area contributed by atoms with Crippen LogP contribution in [0.4, 0.5) is 10.3 Å². The quantitative estimate of drug-likeness (QED) is 0.726. The summed E-state index contributed by atoms with van der Waals surface area (Å²) in [5.41, 5.74) is 0.222. The molecule has 0 atom stereocenters. The summed E-state index contributed by atoms with van der Waals surface area (Å²) in [6.45, 7) is 1.15. The average molecular weight is 239 g/mol. The van der Waals surface area contributed by atoms with E-state index in [0.717, 1.165) is 0 Å². The summed E-state index contributed by atoms with van der Waals surface area (Å²) < 4.78 is 17.6. The Bertz CT molecular complexity index is 405. The lowest BCUT2D eigenvalue weighted by atomic mass is 10.1. The fourth-order valence-corrected chi connectivity index (χ4v) is 1.77. The highest BCUT2D eigenvalue weighted by molar-refractivity contribution is 5.87. The van der Waals surface area contributed by atoms with Gasteiger partial charge in [0.1, 0.15) is 6.17 Å². The Morgan fingerprint density at radius 1 is 1.53 bits per heavy atom. The van der Waals surface area contributed by atoms with Crippen molar-refractivity contribution < 1.29 is 13.9 Å². The van der Waals surface area contributed by atoms with Crippen molar-refractivity contribution in [2.24, 2.45) is 0 Å². The number of nitrogens with zero attached hydrogens (tertiary/aromatic N) is 3. The number of methoxy groups -OCH3 is 1. The van der Waals surface area contributed by atoms with E-state index >= 15 is 0 Å². The van der Waals surface area contributed by atoms with Crippen LogP contribution in [0.1, 0.15) is 23.3 Å². The van der Waals surface area contributed by atoms with Crippen molar-refractivity contribution in [2.75, 3.05) is 25.1 Å². The number of carbonyl (C=O) groups excluding carboxylic acids is 1. The molecule has 0 amide bonds. The van der Waals surface area contributed by atoms with Gasteiger partial charge in [-0.05, 0) is 18.9 Å². The molecule has 2 rings (SSSR count).